The number of hydrogen-bond donors (Lipinski definition) is 4. The number of aromatic nitrogens is 2. The maximum Gasteiger partial charge on any atom is 0.416 e. The number of carbonyl (C=O) groups is 1. The van der Waals surface area contributed by atoms with Crippen molar-refractivity contribution in [1.29, 1.82) is 0 Å². The maximum atomic E-state index is 13.4. The number of likely N-dealkylation sites (N-methyl/N-ethyl adjacent to an activating group) is 1. The minimum atomic E-state index is -4.56. The van der Waals surface area contributed by atoms with Crippen molar-refractivity contribution in [2.75, 3.05) is 42.8 Å². The highest BCUT2D eigenvalue weighted by Gasteiger charge is 2.31. The lowest BCUT2D eigenvalue weighted by molar-refractivity contribution is -0.137. The number of hydrogen-bond acceptors (Lipinski definition) is 7. The number of amides is 1. The number of anilines is 3. The highest BCUT2D eigenvalue weighted by Crippen LogP contribution is 2.34. The standard InChI is InChI=1S/C26H33F3N8O/c1-16-6-7-18(12-24(16)37(31)15-21(30)20-14-33-36(5)17(20)2)25(38)34-23-13-19(26(27,28)29)8-9-22(23)32-10-11-35(3)4/h6-9,12-15,32H,10-11,30-31H2,1-5H3,(H,34,38)/b21-15-. The number of rotatable bonds is 9. The van der Waals surface area contributed by atoms with Gasteiger partial charge in [0.05, 0.1) is 34.5 Å². The molecule has 0 saturated carbocycles. The molecule has 0 radical (unpaired) electrons. The third-order valence-corrected chi connectivity index (χ3v) is 6.04. The SMILES string of the molecule is Cc1ccc(C(=O)Nc2cc(C(F)(F)F)ccc2NCCN(C)C)cc1N(N)/C=C(\N)c1cnn(C)c1C. The van der Waals surface area contributed by atoms with Crippen LogP contribution in [-0.4, -0.2) is 47.8 Å². The summed E-state index contributed by atoms with van der Waals surface area (Å²) in [5, 5.41) is 11.2. The van der Waals surface area contributed by atoms with E-state index in [1.54, 1.807) is 36.1 Å². The molecule has 0 spiro atoms. The molecular weight excluding hydrogens is 497 g/mol. The van der Waals surface area contributed by atoms with Gasteiger partial charge < -0.3 is 21.3 Å². The Kier molecular flexibility index (Phi) is 8.69. The van der Waals surface area contributed by atoms with Gasteiger partial charge in [0.15, 0.2) is 0 Å². The van der Waals surface area contributed by atoms with Gasteiger partial charge in [0.1, 0.15) is 0 Å². The van der Waals surface area contributed by atoms with E-state index in [9.17, 15) is 18.0 Å². The second-order valence-corrected chi connectivity index (χ2v) is 9.20. The van der Waals surface area contributed by atoms with Gasteiger partial charge in [-0.15, -0.1) is 0 Å². The van der Waals surface area contributed by atoms with Crippen LogP contribution in [0.2, 0.25) is 0 Å². The van der Waals surface area contributed by atoms with Gasteiger partial charge in [-0.1, -0.05) is 6.07 Å². The molecule has 1 aromatic heterocycles. The summed E-state index contributed by atoms with van der Waals surface area (Å²) in [6.45, 7) is 4.81. The minimum absolute atomic E-state index is 0.0199. The van der Waals surface area contributed by atoms with Crippen LogP contribution in [-0.2, 0) is 13.2 Å². The average molecular weight is 531 g/mol. The zero-order valence-electron chi connectivity index (χ0n) is 22.0. The molecule has 204 valence electrons. The Balaban J connectivity index is 1.88. The second-order valence-electron chi connectivity index (χ2n) is 9.20. The Bertz CT molecular complexity index is 1330. The number of nitrogens with two attached hydrogens (primary N) is 2. The molecule has 1 heterocycles. The molecule has 0 aliphatic heterocycles. The fourth-order valence-electron chi connectivity index (χ4n) is 3.69. The summed E-state index contributed by atoms with van der Waals surface area (Å²) in [4.78, 5) is 15.1. The Hall–Kier alpha value is -4.03. The van der Waals surface area contributed by atoms with Crippen LogP contribution in [0.1, 0.15) is 32.7 Å². The van der Waals surface area contributed by atoms with Crippen LogP contribution in [0, 0.1) is 13.8 Å². The van der Waals surface area contributed by atoms with Crippen molar-refractivity contribution in [3.8, 4) is 0 Å². The third kappa shape index (κ3) is 6.84. The van der Waals surface area contributed by atoms with Crippen molar-refractivity contribution < 1.29 is 18.0 Å². The van der Waals surface area contributed by atoms with Crippen molar-refractivity contribution in [1.82, 2.24) is 14.7 Å². The molecule has 12 heteroatoms. The molecule has 0 aliphatic rings. The molecule has 0 unspecified atom stereocenters. The predicted octanol–water partition coefficient (Wildman–Crippen LogP) is 3.92. The van der Waals surface area contributed by atoms with Gasteiger partial charge in [0.2, 0.25) is 0 Å². The number of hydrazine groups is 1. The van der Waals surface area contributed by atoms with Gasteiger partial charge in [-0.05, 0) is 63.8 Å². The molecule has 6 N–H and O–H groups in total. The third-order valence-electron chi connectivity index (χ3n) is 6.04. The molecule has 0 atom stereocenters. The monoisotopic (exact) mass is 530 g/mol. The Morgan fingerprint density at radius 1 is 1.13 bits per heavy atom. The predicted molar refractivity (Wildman–Crippen MR) is 144 cm³/mol. The molecule has 2 aromatic carbocycles. The first-order valence-corrected chi connectivity index (χ1v) is 11.8. The lowest BCUT2D eigenvalue weighted by Crippen LogP contribution is -2.27. The summed E-state index contributed by atoms with van der Waals surface area (Å²) in [5.41, 5.74) is 9.18. The lowest BCUT2D eigenvalue weighted by atomic mass is 10.1. The fourth-order valence-corrected chi connectivity index (χ4v) is 3.69. The van der Waals surface area contributed by atoms with Crippen LogP contribution in [0.25, 0.3) is 5.70 Å². The molecule has 9 nitrogen and oxygen atoms in total. The molecule has 1 amide bonds. The summed E-state index contributed by atoms with van der Waals surface area (Å²) >= 11 is 0. The molecule has 3 aromatic rings. The first-order chi connectivity index (χ1) is 17.8. The van der Waals surface area contributed by atoms with Crippen molar-refractivity contribution in [3.63, 3.8) is 0 Å². The van der Waals surface area contributed by atoms with Crippen LogP contribution in [0.4, 0.5) is 30.2 Å². The van der Waals surface area contributed by atoms with Crippen molar-refractivity contribution in [2.24, 2.45) is 18.6 Å². The summed E-state index contributed by atoms with van der Waals surface area (Å²) in [6.07, 6.45) is -1.41. The maximum absolute atomic E-state index is 13.4. The molecule has 0 aliphatic carbocycles. The van der Waals surface area contributed by atoms with E-state index < -0.39 is 17.6 Å². The number of halogens is 3. The van der Waals surface area contributed by atoms with Crippen molar-refractivity contribution in [2.45, 2.75) is 20.0 Å². The van der Waals surface area contributed by atoms with Gasteiger partial charge in [-0.25, -0.2) is 5.84 Å². The number of benzene rings is 2. The average Bonchev–Trinajstić information content (AvgIpc) is 3.17. The largest absolute Gasteiger partial charge is 0.416 e. The molecule has 3 rings (SSSR count). The molecular formula is C26H33F3N8O. The van der Waals surface area contributed by atoms with E-state index in [1.165, 1.54) is 17.3 Å². The Labute approximate surface area is 219 Å². The number of carbonyl (C=O) groups excluding carboxylic acids is 1. The topological polar surface area (TPSA) is 117 Å². The second kappa shape index (κ2) is 11.6. The van der Waals surface area contributed by atoms with Crippen LogP contribution in [0.3, 0.4) is 0 Å². The highest BCUT2D eigenvalue weighted by atomic mass is 19.4. The van der Waals surface area contributed by atoms with E-state index in [2.05, 4.69) is 15.7 Å². The van der Waals surface area contributed by atoms with E-state index in [0.717, 1.165) is 23.4 Å². The van der Waals surface area contributed by atoms with E-state index in [4.69, 9.17) is 11.6 Å². The number of alkyl halides is 3. The van der Waals surface area contributed by atoms with Crippen LogP contribution in [0.15, 0.2) is 48.8 Å². The van der Waals surface area contributed by atoms with Crippen LogP contribution >= 0.6 is 0 Å². The van der Waals surface area contributed by atoms with E-state index in [-0.39, 0.29) is 11.3 Å². The minimum Gasteiger partial charge on any atom is -0.397 e. The van der Waals surface area contributed by atoms with E-state index >= 15 is 0 Å². The van der Waals surface area contributed by atoms with Gasteiger partial charge in [0, 0.05) is 43.2 Å². The fraction of sp³-hybridized carbons (Fsp3) is 0.308. The molecule has 38 heavy (non-hydrogen) atoms. The van der Waals surface area contributed by atoms with Gasteiger partial charge in [0.25, 0.3) is 5.91 Å². The lowest BCUT2D eigenvalue weighted by Gasteiger charge is -2.20. The number of nitrogens with one attached hydrogen (secondary N) is 2. The van der Waals surface area contributed by atoms with Gasteiger partial charge in [-0.3, -0.25) is 14.5 Å². The summed E-state index contributed by atoms with van der Waals surface area (Å²) < 4.78 is 41.8. The van der Waals surface area contributed by atoms with E-state index in [0.29, 0.717) is 35.7 Å². The smallest absolute Gasteiger partial charge is 0.397 e. The molecule has 0 fully saturated rings. The normalized spacial score (nSPS) is 12.1. The van der Waals surface area contributed by atoms with Crippen molar-refractivity contribution in [3.05, 3.63) is 76.7 Å². The van der Waals surface area contributed by atoms with Crippen LogP contribution in [0.5, 0.6) is 0 Å². The van der Waals surface area contributed by atoms with Gasteiger partial charge in [-0.2, -0.15) is 18.3 Å². The first kappa shape index (κ1) is 28.5. The van der Waals surface area contributed by atoms with Crippen LogP contribution < -0.4 is 27.2 Å². The summed E-state index contributed by atoms with van der Waals surface area (Å²) in [7, 11) is 5.56. The molecule has 0 saturated heterocycles. The number of nitrogens with zero attached hydrogens (tertiary/aromatic N) is 4. The zero-order chi connectivity index (χ0) is 28.2. The quantitative estimate of drug-likeness (QED) is 0.245. The zero-order valence-corrected chi connectivity index (χ0v) is 22.0. The van der Waals surface area contributed by atoms with Crippen molar-refractivity contribution >= 4 is 28.7 Å². The summed E-state index contributed by atoms with van der Waals surface area (Å²) in [5.74, 6) is 5.67. The summed E-state index contributed by atoms with van der Waals surface area (Å²) in [6, 6.07) is 8.03. The highest BCUT2D eigenvalue weighted by molar-refractivity contribution is 6.06. The van der Waals surface area contributed by atoms with Gasteiger partial charge >= 0.3 is 6.18 Å². The number of aryl methyl sites for hydroxylation is 2. The van der Waals surface area contributed by atoms with E-state index in [1.807, 2.05) is 32.8 Å². The molecule has 0 bridgehead atoms. The Morgan fingerprint density at radius 2 is 1.84 bits per heavy atom. The first-order valence-electron chi connectivity index (χ1n) is 11.8. The Morgan fingerprint density at radius 3 is 2.45 bits per heavy atom.